The molecule has 0 fully saturated rings. The molecule has 1 aliphatic carbocycles. The highest BCUT2D eigenvalue weighted by Crippen LogP contribution is 2.50. The third-order valence-electron chi connectivity index (χ3n) is 6.28. The summed E-state index contributed by atoms with van der Waals surface area (Å²) in [5, 5.41) is 20.8. The first-order valence-corrected chi connectivity index (χ1v) is 10.0. The number of rotatable bonds is 4. The van der Waals surface area contributed by atoms with Crippen LogP contribution in [0.4, 0.5) is 4.39 Å². The van der Waals surface area contributed by atoms with Crippen molar-refractivity contribution in [2.45, 2.75) is 44.9 Å². The SMILES string of the molecule is CC(CC1CC(=O)C(C)(C)c2c1c1c(O)cccc1n2-c1ccc(F)cc1)C(=O)O. The summed E-state index contributed by atoms with van der Waals surface area (Å²) in [4.78, 5) is 24.7. The summed E-state index contributed by atoms with van der Waals surface area (Å²) in [6.45, 7) is 5.33. The van der Waals surface area contributed by atoms with Crippen LogP contribution in [0.3, 0.4) is 0 Å². The van der Waals surface area contributed by atoms with Gasteiger partial charge in [0.05, 0.1) is 16.8 Å². The van der Waals surface area contributed by atoms with Crippen LogP contribution in [-0.2, 0) is 15.0 Å². The van der Waals surface area contributed by atoms with Crippen LogP contribution in [0, 0.1) is 11.7 Å². The first kappa shape index (κ1) is 20.1. The number of aromatic hydroxyl groups is 1. The number of ketones is 1. The minimum Gasteiger partial charge on any atom is -0.507 e. The molecule has 0 saturated carbocycles. The van der Waals surface area contributed by atoms with E-state index in [1.54, 1.807) is 31.2 Å². The van der Waals surface area contributed by atoms with E-state index in [2.05, 4.69) is 0 Å². The number of Topliss-reactive ketones (excluding diaryl/α,β-unsaturated/α-hetero) is 1. The van der Waals surface area contributed by atoms with E-state index in [9.17, 15) is 24.2 Å². The lowest BCUT2D eigenvalue weighted by Gasteiger charge is -2.36. The van der Waals surface area contributed by atoms with Gasteiger partial charge < -0.3 is 14.8 Å². The van der Waals surface area contributed by atoms with Crippen LogP contribution < -0.4 is 0 Å². The second kappa shape index (κ2) is 6.97. The van der Waals surface area contributed by atoms with E-state index < -0.39 is 17.3 Å². The van der Waals surface area contributed by atoms with Crippen molar-refractivity contribution in [3.05, 3.63) is 59.5 Å². The van der Waals surface area contributed by atoms with Crippen LogP contribution in [0.2, 0.25) is 0 Å². The number of hydrogen-bond donors (Lipinski definition) is 2. The summed E-state index contributed by atoms with van der Waals surface area (Å²) in [5.74, 6) is -2.14. The summed E-state index contributed by atoms with van der Waals surface area (Å²) < 4.78 is 15.5. The van der Waals surface area contributed by atoms with E-state index >= 15 is 0 Å². The Morgan fingerprint density at radius 3 is 2.53 bits per heavy atom. The number of phenolic OH excluding ortho intramolecular Hbond substituents is 1. The summed E-state index contributed by atoms with van der Waals surface area (Å²) in [6, 6.07) is 11.2. The highest BCUT2D eigenvalue weighted by atomic mass is 19.1. The predicted octanol–water partition coefficient (Wildman–Crippen LogP) is 4.92. The molecule has 0 saturated heterocycles. The number of carbonyl (C=O) groups is 2. The lowest BCUT2D eigenvalue weighted by molar-refractivity contribution is -0.141. The van der Waals surface area contributed by atoms with Crippen molar-refractivity contribution < 1.29 is 24.2 Å². The number of carboxylic acid groups (broad SMARTS) is 1. The Balaban J connectivity index is 2.08. The van der Waals surface area contributed by atoms with Crippen molar-refractivity contribution in [1.29, 1.82) is 0 Å². The molecule has 0 radical (unpaired) electrons. The highest BCUT2D eigenvalue weighted by molar-refractivity contribution is 6.00. The maximum Gasteiger partial charge on any atom is 0.306 e. The predicted molar refractivity (Wildman–Crippen MR) is 112 cm³/mol. The normalized spacial score (nSPS) is 18.9. The first-order valence-electron chi connectivity index (χ1n) is 10.0. The maximum atomic E-state index is 13.6. The number of halogens is 1. The molecule has 2 aromatic carbocycles. The van der Waals surface area contributed by atoms with E-state index in [4.69, 9.17) is 0 Å². The van der Waals surface area contributed by atoms with Crippen LogP contribution >= 0.6 is 0 Å². The Bertz CT molecular complexity index is 1160. The lowest BCUT2D eigenvalue weighted by Crippen LogP contribution is -2.38. The fraction of sp³-hybridized carbons (Fsp3) is 0.333. The van der Waals surface area contributed by atoms with Gasteiger partial charge in [0, 0.05) is 23.2 Å². The first-order chi connectivity index (χ1) is 14.1. The highest BCUT2D eigenvalue weighted by Gasteiger charge is 2.45. The Morgan fingerprint density at radius 1 is 1.23 bits per heavy atom. The summed E-state index contributed by atoms with van der Waals surface area (Å²) >= 11 is 0. The molecule has 1 aromatic heterocycles. The molecule has 2 atom stereocenters. The number of benzene rings is 2. The van der Waals surface area contributed by atoms with Crippen LogP contribution in [-0.4, -0.2) is 26.5 Å². The van der Waals surface area contributed by atoms with Crippen molar-refractivity contribution in [3.8, 4) is 11.4 Å². The Kier molecular flexibility index (Phi) is 4.68. The molecule has 3 aromatic rings. The second-order valence-corrected chi connectivity index (χ2v) is 8.67. The molecular formula is C24H24FNO4. The van der Waals surface area contributed by atoms with Gasteiger partial charge in [-0.15, -0.1) is 0 Å². The molecule has 0 bridgehead atoms. The van der Waals surface area contributed by atoms with E-state index in [1.165, 1.54) is 12.1 Å². The van der Waals surface area contributed by atoms with Gasteiger partial charge in [0.25, 0.3) is 0 Å². The molecule has 30 heavy (non-hydrogen) atoms. The van der Waals surface area contributed by atoms with Crippen LogP contribution in [0.5, 0.6) is 5.75 Å². The third kappa shape index (κ3) is 2.98. The van der Waals surface area contributed by atoms with E-state index in [0.29, 0.717) is 23.0 Å². The number of aliphatic carboxylic acids is 1. The zero-order valence-corrected chi connectivity index (χ0v) is 17.1. The molecule has 0 spiro atoms. The Morgan fingerprint density at radius 2 is 1.90 bits per heavy atom. The van der Waals surface area contributed by atoms with Crippen molar-refractivity contribution in [2.24, 2.45) is 5.92 Å². The number of hydrogen-bond acceptors (Lipinski definition) is 3. The summed E-state index contributed by atoms with van der Waals surface area (Å²) in [7, 11) is 0. The van der Waals surface area contributed by atoms with Gasteiger partial charge >= 0.3 is 5.97 Å². The average molecular weight is 409 g/mol. The van der Waals surface area contributed by atoms with E-state index in [1.807, 2.05) is 24.5 Å². The van der Waals surface area contributed by atoms with Gasteiger partial charge in [0.2, 0.25) is 0 Å². The zero-order chi connectivity index (χ0) is 21.8. The number of fused-ring (bicyclic) bond motifs is 3. The minimum atomic E-state index is -0.916. The molecule has 156 valence electrons. The number of phenols is 1. The molecule has 1 aliphatic rings. The monoisotopic (exact) mass is 409 g/mol. The van der Waals surface area contributed by atoms with E-state index in [0.717, 1.165) is 11.3 Å². The summed E-state index contributed by atoms with van der Waals surface area (Å²) in [5.41, 5.74) is 2.08. The Labute approximate surface area is 173 Å². The Hall–Kier alpha value is -3.15. The molecule has 5 nitrogen and oxygen atoms in total. The van der Waals surface area contributed by atoms with Crippen LogP contribution in [0.1, 0.15) is 50.8 Å². The zero-order valence-electron chi connectivity index (χ0n) is 17.1. The van der Waals surface area contributed by atoms with Gasteiger partial charge in [-0.3, -0.25) is 9.59 Å². The molecule has 2 N–H and O–H groups in total. The van der Waals surface area contributed by atoms with Crippen molar-refractivity contribution in [3.63, 3.8) is 0 Å². The fourth-order valence-electron chi connectivity index (χ4n) is 4.66. The topological polar surface area (TPSA) is 79.5 Å². The number of carbonyl (C=O) groups excluding carboxylic acids is 1. The summed E-state index contributed by atoms with van der Waals surface area (Å²) in [6.07, 6.45) is 0.509. The van der Waals surface area contributed by atoms with Crippen molar-refractivity contribution in [2.75, 3.05) is 0 Å². The van der Waals surface area contributed by atoms with Gasteiger partial charge in [0.1, 0.15) is 17.3 Å². The third-order valence-corrected chi connectivity index (χ3v) is 6.28. The van der Waals surface area contributed by atoms with Crippen molar-refractivity contribution in [1.82, 2.24) is 4.57 Å². The minimum absolute atomic E-state index is 0.0169. The molecule has 0 aliphatic heterocycles. The number of aromatic nitrogens is 1. The lowest BCUT2D eigenvalue weighted by atomic mass is 9.68. The molecule has 6 heteroatoms. The van der Waals surface area contributed by atoms with E-state index in [-0.39, 0.29) is 29.7 Å². The molecule has 0 amide bonds. The average Bonchev–Trinajstić information content (AvgIpc) is 3.04. The van der Waals surface area contributed by atoms with Gasteiger partial charge in [-0.1, -0.05) is 13.0 Å². The molecular weight excluding hydrogens is 385 g/mol. The fourth-order valence-corrected chi connectivity index (χ4v) is 4.66. The quantitative estimate of drug-likeness (QED) is 0.641. The largest absolute Gasteiger partial charge is 0.507 e. The molecule has 4 rings (SSSR count). The van der Waals surface area contributed by atoms with Gasteiger partial charge in [0.15, 0.2) is 0 Å². The standard InChI is InChI=1S/C24H24FNO4/c1-13(23(29)30)11-14-12-19(28)24(2,3)22-20(14)21-17(5-4-6-18(21)27)26(22)16-9-7-15(25)8-10-16/h4-10,13-14,27H,11-12H2,1-3H3,(H,29,30). The number of nitrogens with zero attached hydrogens (tertiary/aromatic N) is 1. The van der Waals surface area contributed by atoms with Gasteiger partial charge in [-0.25, -0.2) is 4.39 Å². The second-order valence-electron chi connectivity index (χ2n) is 8.67. The van der Waals surface area contributed by atoms with Gasteiger partial charge in [-0.05, 0) is 68.1 Å². The van der Waals surface area contributed by atoms with Crippen molar-refractivity contribution >= 4 is 22.7 Å². The maximum absolute atomic E-state index is 13.6. The van der Waals surface area contributed by atoms with Gasteiger partial charge in [-0.2, -0.15) is 0 Å². The molecule has 1 heterocycles. The molecule has 2 unspecified atom stereocenters. The smallest absolute Gasteiger partial charge is 0.306 e. The number of carboxylic acids is 1. The van der Waals surface area contributed by atoms with Crippen LogP contribution in [0.15, 0.2) is 42.5 Å². The van der Waals surface area contributed by atoms with Crippen LogP contribution in [0.25, 0.3) is 16.6 Å².